The third kappa shape index (κ3) is 24.2. The molecule has 0 bridgehead atoms. The van der Waals surface area contributed by atoms with Crippen molar-refractivity contribution in [1.82, 2.24) is 21.3 Å². The number of nitrogens with one attached hydrogen (secondary N) is 4. The van der Waals surface area contributed by atoms with Gasteiger partial charge in [-0.2, -0.15) is 0 Å². The minimum Gasteiger partial charge on any atom is -0.480 e. The summed E-state index contributed by atoms with van der Waals surface area (Å²) in [5.41, 5.74) is 8.49. The van der Waals surface area contributed by atoms with Crippen LogP contribution in [0.4, 0.5) is 0 Å². The predicted octanol–water partition coefficient (Wildman–Crippen LogP) is -2.44. The van der Waals surface area contributed by atoms with E-state index < -0.39 is 58.9 Å². The van der Waals surface area contributed by atoms with Crippen molar-refractivity contribution in [3.63, 3.8) is 0 Å². The fraction of sp³-hybridized carbons (Fsp3) is 0.786. The highest BCUT2D eigenvalue weighted by molar-refractivity contribution is 8.77. The van der Waals surface area contributed by atoms with E-state index in [1.165, 1.54) is 43.2 Å². The number of rotatable bonds is 26. The molecule has 0 heterocycles. The Labute approximate surface area is 308 Å². The smallest absolute Gasteiger partial charge is 0.321 e. The number of nitrogens with two attached hydrogens (primary N) is 2. The maximum Gasteiger partial charge on any atom is 0.321 e. The average molecular weight is 795 g/mol. The number of carbonyl (C=O) groups excluding carboxylic acids is 4. The zero-order chi connectivity index (χ0) is 38.9. The van der Waals surface area contributed by atoms with Crippen LogP contribution in [-0.2, 0) is 28.8 Å². The zero-order valence-electron chi connectivity index (χ0n) is 28.7. The highest BCUT2D eigenvalue weighted by Gasteiger charge is 2.33. The molecule has 0 aliphatic heterocycles. The molecule has 0 spiro atoms. The number of aliphatic hydroxyl groups is 4. The Hall–Kier alpha value is -2.02. The molecule has 4 atom stereocenters. The number of carbonyl (C=O) groups is 6. The molecule has 0 saturated carbocycles. The van der Waals surface area contributed by atoms with Crippen LogP contribution in [0.15, 0.2) is 0 Å². The molecule has 4 amide bonds. The molecule has 0 radical (unpaired) electrons. The number of hydrogen-bond acceptors (Lipinski definition) is 16. The van der Waals surface area contributed by atoms with Crippen LogP contribution in [-0.4, -0.2) is 153 Å². The third-order valence-corrected chi connectivity index (χ3v) is 11.3. The predicted molar refractivity (Wildman–Crippen MR) is 196 cm³/mol. The first-order valence-corrected chi connectivity index (χ1v) is 20.3. The van der Waals surface area contributed by atoms with Gasteiger partial charge in [0.1, 0.15) is 24.3 Å². The number of aliphatic carboxylic acids is 2. The minimum absolute atomic E-state index is 0.0699. The van der Waals surface area contributed by atoms with Gasteiger partial charge in [0.2, 0.25) is 23.6 Å². The van der Waals surface area contributed by atoms with E-state index in [0.29, 0.717) is 24.6 Å². The van der Waals surface area contributed by atoms with Crippen LogP contribution in [0.2, 0.25) is 0 Å². The van der Waals surface area contributed by atoms with Crippen molar-refractivity contribution < 1.29 is 59.4 Å². The van der Waals surface area contributed by atoms with Crippen LogP contribution >= 0.6 is 43.2 Å². The molecule has 0 aliphatic rings. The fourth-order valence-corrected chi connectivity index (χ4v) is 6.86. The lowest BCUT2D eigenvalue weighted by Gasteiger charge is -2.27. The summed E-state index contributed by atoms with van der Waals surface area (Å²) in [7, 11) is 5.47. The third-order valence-electron chi connectivity index (χ3n) is 6.41. The summed E-state index contributed by atoms with van der Waals surface area (Å²) in [5.74, 6) is -2.11. The lowest BCUT2D eigenvalue weighted by atomic mass is 9.87. The van der Waals surface area contributed by atoms with Gasteiger partial charge in [-0.1, -0.05) is 70.9 Å². The number of aliphatic hydroxyl groups excluding tert-OH is 4. The molecule has 22 heteroatoms. The standard InChI is InChI=1S/C22H42N4O8S2.C6H12N2O4S2/c1-21(2,13-27)17(31)19(33)25-7-5-15(29)23-9-11-35-36-12-10-24-16(30)6-8-26-20(34)18(32)22(3,4)14-28;7-3(5(9)10)1-13-14-2-4(8)6(11)12/h17-18,27-28,31-32H,5-14H2,1-4H3,(H,23,29)(H,24,30)(H,25,33)(H,26,34);3-4H,1-2,7-8H2,(H,9,10)(H,11,12). The quantitative estimate of drug-likeness (QED) is 0.0320. The molecule has 4 unspecified atom stereocenters. The van der Waals surface area contributed by atoms with Crippen LogP contribution in [0.25, 0.3) is 0 Å². The van der Waals surface area contributed by atoms with Gasteiger partial charge in [-0.25, -0.2) is 0 Å². The van der Waals surface area contributed by atoms with E-state index in [0.717, 1.165) is 0 Å². The van der Waals surface area contributed by atoms with E-state index >= 15 is 0 Å². The SMILES string of the molecule is CC(C)(CO)C(O)C(=O)NCCC(=O)NCCSSCCNC(=O)CCNC(=O)C(O)C(C)(C)CO.NC(CSSCC(N)C(=O)O)C(=O)O. The number of carboxylic acid groups (broad SMARTS) is 2. The first-order valence-electron chi connectivity index (χ1n) is 15.4. The second-order valence-corrected chi connectivity index (χ2v) is 17.2. The molecule has 18 nitrogen and oxygen atoms in total. The number of hydrogen-bond donors (Lipinski definition) is 12. The molecule has 0 saturated heterocycles. The summed E-state index contributed by atoms with van der Waals surface area (Å²) in [6, 6.07) is -1.85. The van der Waals surface area contributed by atoms with E-state index in [1.807, 2.05) is 0 Å². The van der Waals surface area contributed by atoms with Crippen molar-refractivity contribution in [2.45, 2.75) is 64.8 Å². The van der Waals surface area contributed by atoms with Crippen molar-refractivity contribution in [2.75, 3.05) is 62.4 Å². The summed E-state index contributed by atoms with van der Waals surface area (Å²) >= 11 is 0. The van der Waals surface area contributed by atoms with Gasteiger partial charge >= 0.3 is 11.9 Å². The summed E-state index contributed by atoms with van der Waals surface area (Å²) in [4.78, 5) is 67.8. The number of amides is 4. The maximum absolute atomic E-state index is 11.8. The lowest BCUT2D eigenvalue weighted by Crippen LogP contribution is -2.46. The lowest BCUT2D eigenvalue weighted by molar-refractivity contribution is -0.138. The molecule has 50 heavy (non-hydrogen) atoms. The molecule has 0 aliphatic carbocycles. The molecule has 0 aromatic rings. The first kappa shape index (κ1) is 50.1. The van der Waals surface area contributed by atoms with E-state index in [2.05, 4.69) is 21.3 Å². The van der Waals surface area contributed by atoms with Crippen LogP contribution in [0.5, 0.6) is 0 Å². The largest absolute Gasteiger partial charge is 0.480 e. The first-order chi connectivity index (χ1) is 23.2. The van der Waals surface area contributed by atoms with Crippen LogP contribution in [0, 0.1) is 10.8 Å². The maximum atomic E-state index is 11.8. The van der Waals surface area contributed by atoms with Crippen molar-refractivity contribution in [1.29, 1.82) is 0 Å². The van der Waals surface area contributed by atoms with Crippen LogP contribution < -0.4 is 32.7 Å². The van der Waals surface area contributed by atoms with E-state index in [-0.39, 0.29) is 62.5 Å². The van der Waals surface area contributed by atoms with Gasteiger partial charge in [0.15, 0.2) is 0 Å². The van der Waals surface area contributed by atoms with Crippen molar-refractivity contribution in [3.8, 4) is 0 Å². The van der Waals surface area contributed by atoms with E-state index in [1.54, 1.807) is 27.7 Å². The molecule has 14 N–H and O–H groups in total. The van der Waals surface area contributed by atoms with Gasteiger partial charge in [-0.15, -0.1) is 0 Å². The average Bonchev–Trinajstić information content (AvgIpc) is 3.06. The van der Waals surface area contributed by atoms with Crippen LogP contribution in [0.3, 0.4) is 0 Å². The van der Waals surface area contributed by atoms with Gasteiger partial charge in [0.25, 0.3) is 0 Å². The normalized spacial score (nSPS) is 13.8. The summed E-state index contributed by atoms with van der Waals surface area (Å²) in [5, 5.41) is 65.3. The Morgan fingerprint density at radius 3 is 1.18 bits per heavy atom. The van der Waals surface area contributed by atoms with Gasteiger partial charge in [0.05, 0.1) is 13.2 Å². The van der Waals surface area contributed by atoms with Gasteiger partial charge in [0, 0.05) is 72.9 Å². The minimum atomic E-state index is -1.37. The van der Waals surface area contributed by atoms with Crippen molar-refractivity contribution in [2.24, 2.45) is 22.3 Å². The number of carboxylic acids is 2. The van der Waals surface area contributed by atoms with E-state index in [9.17, 15) is 49.2 Å². The van der Waals surface area contributed by atoms with Gasteiger partial charge in [-0.05, 0) is 0 Å². The summed E-state index contributed by atoms with van der Waals surface area (Å²) < 4.78 is 0. The Balaban J connectivity index is 0. The fourth-order valence-electron chi connectivity index (χ4n) is 2.82. The molecular formula is C28H54N6O12S4. The van der Waals surface area contributed by atoms with E-state index in [4.69, 9.17) is 21.7 Å². The Morgan fingerprint density at radius 1 is 0.580 bits per heavy atom. The molecule has 0 fully saturated rings. The second kappa shape index (κ2) is 27.6. The van der Waals surface area contributed by atoms with Gasteiger partial charge in [-0.3, -0.25) is 28.8 Å². The molecular weight excluding hydrogens is 741 g/mol. The monoisotopic (exact) mass is 794 g/mol. The molecule has 0 aromatic heterocycles. The Kier molecular flexibility index (Phi) is 27.7. The van der Waals surface area contributed by atoms with Crippen LogP contribution in [0.1, 0.15) is 40.5 Å². The van der Waals surface area contributed by atoms with Crippen molar-refractivity contribution >= 4 is 78.7 Å². The second-order valence-electron chi connectivity index (χ2n) is 12.0. The summed E-state index contributed by atoms with van der Waals surface area (Å²) in [6.07, 6.45) is -2.59. The molecule has 292 valence electrons. The highest BCUT2D eigenvalue weighted by atomic mass is 33.1. The Bertz CT molecular complexity index is 981. The zero-order valence-corrected chi connectivity index (χ0v) is 32.0. The topological polar surface area (TPSA) is 324 Å². The highest BCUT2D eigenvalue weighted by Crippen LogP contribution is 2.22. The van der Waals surface area contributed by atoms with Gasteiger partial charge < -0.3 is 63.4 Å². The molecule has 0 rings (SSSR count). The summed E-state index contributed by atoms with van der Waals surface area (Å²) in [6.45, 7) is 6.59. The van der Waals surface area contributed by atoms with Crippen molar-refractivity contribution in [3.05, 3.63) is 0 Å². The molecule has 0 aromatic carbocycles. The Morgan fingerprint density at radius 2 is 0.900 bits per heavy atom.